The van der Waals surface area contributed by atoms with E-state index in [-0.39, 0.29) is 26.4 Å². The van der Waals surface area contributed by atoms with Crippen molar-refractivity contribution in [1.82, 2.24) is 0 Å². The minimum Gasteiger partial charge on any atom is -0.862 e. The topological polar surface area (TPSA) is 112 Å². The van der Waals surface area contributed by atoms with Crippen molar-refractivity contribution >= 4 is 11.8 Å². The van der Waals surface area contributed by atoms with Gasteiger partial charge >= 0.3 is 0 Å². The van der Waals surface area contributed by atoms with Crippen LogP contribution in [0.1, 0.15) is 20.3 Å². The van der Waals surface area contributed by atoms with Gasteiger partial charge in [0.1, 0.15) is 6.79 Å². The second-order valence-corrected chi connectivity index (χ2v) is 3.76. The first kappa shape index (κ1) is 13.9. The minimum atomic E-state index is -0.839. The number of hydrogen-bond donors (Lipinski definition) is 2. The van der Waals surface area contributed by atoms with E-state index < -0.39 is 17.2 Å². The van der Waals surface area contributed by atoms with Crippen molar-refractivity contribution in [2.45, 2.75) is 20.3 Å². The lowest BCUT2D eigenvalue weighted by atomic mass is 9.95. The predicted molar refractivity (Wildman–Crippen MR) is 50.6 cm³/mol. The molecule has 0 aromatic rings. The van der Waals surface area contributed by atoms with Crippen molar-refractivity contribution < 1.29 is 19.7 Å². The van der Waals surface area contributed by atoms with Crippen LogP contribution < -0.4 is 10.2 Å². The number of hydrogen-bond acceptors (Lipinski definition) is 6. The van der Waals surface area contributed by atoms with Crippen LogP contribution in [0.4, 0.5) is 0 Å². The molecular weight excluding hydrogens is 200 g/mol. The highest BCUT2D eigenvalue weighted by Gasteiger charge is 2.17. The summed E-state index contributed by atoms with van der Waals surface area (Å²) in [5.74, 6) is -1.37. The second kappa shape index (κ2) is 6.36. The lowest BCUT2D eigenvalue weighted by Gasteiger charge is -2.28. The summed E-state index contributed by atoms with van der Waals surface area (Å²) in [5, 5.41) is 34.5. The zero-order valence-corrected chi connectivity index (χ0v) is 8.96. The molecule has 6 heteroatoms. The van der Waals surface area contributed by atoms with Crippen LogP contribution in [0, 0.1) is 16.2 Å². The van der Waals surface area contributed by atoms with Crippen LogP contribution >= 0.6 is 0 Å². The fourth-order valence-electron chi connectivity index (χ4n) is 0.645. The van der Waals surface area contributed by atoms with E-state index in [4.69, 9.17) is 20.3 Å². The molecule has 0 radical (unpaired) electrons. The van der Waals surface area contributed by atoms with Gasteiger partial charge in [-0.3, -0.25) is 0 Å². The summed E-state index contributed by atoms with van der Waals surface area (Å²) in [6.45, 7) is 3.41. The van der Waals surface area contributed by atoms with Crippen molar-refractivity contribution in [3.8, 4) is 0 Å². The molecule has 0 spiro atoms. The van der Waals surface area contributed by atoms with Crippen LogP contribution in [-0.2, 0) is 9.47 Å². The third kappa shape index (κ3) is 6.87. The summed E-state index contributed by atoms with van der Waals surface area (Å²) in [6, 6.07) is 0. The molecule has 88 valence electrons. The van der Waals surface area contributed by atoms with Crippen LogP contribution in [0.25, 0.3) is 0 Å². The van der Waals surface area contributed by atoms with E-state index in [1.54, 1.807) is 13.8 Å². The number of nitrogens with one attached hydrogen (secondary N) is 2. The van der Waals surface area contributed by atoms with Crippen LogP contribution in [0.2, 0.25) is 0 Å². The predicted octanol–water partition coefficient (Wildman–Crippen LogP) is -0.931. The molecule has 0 bridgehead atoms. The van der Waals surface area contributed by atoms with E-state index in [1.807, 2.05) is 0 Å². The van der Waals surface area contributed by atoms with Crippen LogP contribution in [0.15, 0.2) is 0 Å². The highest BCUT2D eigenvalue weighted by Crippen LogP contribution is 2.13. The van der Waals surface area contributed by atoms with E-state index in [1.165, 1.54) is 0 Å². The maximum atomic E-state index is 10.8. The molecule has 0 unspecified atom stereocenters. The van der Waals surface area contributed by atoms with Crippen LogP contribution in [0.3, 0.4) is 0 Å². The minimum absolute atomic E-state index is 0.0319. The lowest BCUT2D eigenvalue weighted by Crippen LogP contribution is -2.38. The van der Waals surface area contributed by atoms with Gasteiger partial charge in [-0.2, -0.15) is 0 Å². The van der Waals surface area contributed by atoms with Gasteiger partial charge in [0, 0.05) is 5.41 Å². The molecule has 0 heterocycles. The summed E-state index contributed by atoms with van der Waals surface area (Å²) in [5.41, 5.74) is -0.839. The Morgan fingerprint density at radius 1 is 1.20 bits per heavy atom. The molecule has 0 aromatic carbocycles. The third-order valence-electron chi connectivity index (χ3n) is 1.72. The molecule has 0 rings (SSSR count). The summed E-state index contributed by atoms with van der Waals surface area (Å²) < 4.78 is 9.89. The molecule has 0 saturated heterocycles. The largest absolute Gasteiger partial charge is 0.862 e. The van der Waals surface area contributed by atoms with Gasteiger partial charge in [-0.1, -0.05) is 13.8 Å². The quantitative estimate of drug-likeness (QED) is 0.236. The molecule has 2 N–H and O–H groups in total. The summed E-state index contributed by atoms with van der Waals surface area (Å²) in [7, 11) is 0. The van der Waals surface area contributed by atoms with Crippen molar-refractivity contribution in [3.05, 3.63) is 0 Å². The summed E-state index contributed by atoms with van der Waals surface area (Å²) in [6.07, 6.45) is 0.0319. The second-order valence-electron chi connectivity index (χ2n) is 3.76. The van der Waals surface area contributed by atoms with Gasteiger partial charge in [0.25, 0.3) is 0 Å². The third-order valence-corrected chi connectivity index (χ3v) is 1.72. The van der Waals surface area contributed by atoms with Crippen molar-refractivity contribution in [2.75, 3.05) is 20.0 Å². The van der Waals surface area contributed by atoms with Gasteiger partial charge in [0.05, 0.1) is 13.2 Å². The molecular formula is C9H16N2O4-2. The van der Waals surface area contributed by atoms with E-state index in [0.717, 1.165) is 0 Å². The van der Waals surface area contributed by atoms with Crippen molar-refractivity contribution in [3.63, 3.8) is 0 Å². The number of ether oxygens (including phenoxy) is 2. The highest BCUT2D eigenvalue weighted by atomic mass is 16.7. The maximum Gasteiger partial charge on any atom is 0.146 e. The Kier molecular flexibility index (Phi) is 5.88. The molecule has 0 amide bonds. The van der Waals surface area contributed by atoms with Gasteiger partial charge in [0.15, 0.2) is 0 Å². The zero-order valence-electron chi connectivity index (χ0n) is 8.96. The Balaban J connectivity index is 3.46. The van der Waals surface area contributed by atoms with Gasteiger partial charge in [0.2, 0.25) is 0 Å². The Morgan fingerprint density at radius 2 is 1.80 bits per heavy atom. The first-order valence-electron chi connectivity index (χ1n) is 4.52. The molecule has 0 aromatic heterocycles. The van der Waals surface area contributed by atoms with Crippen molar-refractivity contribution in [2.24, 2.45) is 5.41 Å². The normalized spacial score (nSPS) is 11.3. The molecule has 0 saturated carbocycles. The molecule has 0 fully saturated rings. The number of rotatable bonds is 8. The average Bonchev–Trinajstić information content (AvgIpc) is 2.10. The molecule has 0 aliphatic carbocycles. The lowest BCUT2D eigenvalue weighted by molar-refractivity contribution is -0.235. The first-order chi connectivity index (χ1) is 6.86. The van der Waals surface area contributed by atoms with Gasteiger partial charge < -0.3 is 30.5 Å². The summed E-state index contributed by atoms with van der Waals surface area (Å²) in [4.78, 5) is 0. The molecule has 0 aliphatic heterocycles. The SMILES string of the molecule is CC(C)(COCOCCC(=N)[O-])C(=N)[O-]. The fourth-order valence-corrected chi connectivity index (χ4v) is 0.645. The van der Waals surface area contributed by atoms with E-state index in [0.29, 0.717) is 0 Å². The monoisotopic (exact) mass is 216 g/mol. The zero-order chi connectivity index (χ0) is 11.9. The Hall–Kier alpha value is -1.14. The fraction of sp³-hybridized carbons (Fsp3) is 0.778. The van der Waals surface area contributed by atoms with Crippen LogP contribution in [0.5, 0.6) is 0 Å². The Labute approximate surface area is 88.8 Å². The van der Waals surface area contributed by atoms with E-state index in [2.05, 4.69) is 0 Å². The van der Waals surface area contributed by atoms with Gasteiger partial charge in [-0.05, 0) is 18.2 Å². The van der Waals surface area contributed by atoms with Crippen LogP contribution in [-0.4, -0.2) is 31.8 Å². The average molecular weight is 216 g/mol. The van der Waals surface area contributed by atoms with E-state index >= 15 is 0 Å². The van der Waals surface area contributed by atoms with Gasteiger partial charge in [-0.25, -0.2) is 0 Å². The highest BCUT2D eigenvalue weighted by molar-refractivity contribution is 5.74. The molecule has 0 atom stereocenters. The van der Waals surface area contributed by atoms with E-state index in [9.17, 15) is 10.2 Å². The summed E-state index contributed by atoms with van der Waals surface area (Å²) >= 11 is 0. The first-order valence-corrected chi connectivity index (χ1v) is 4.52. The Bertz CT molecular complexity index is 228. The maximum absolute atomic E-state index is 10.8. The standard InChI is InChI=1S/C9H18N2O4/c1-9(2,8(11)13)5-15-6-14-4-3-7(10)12/h3-6H2,1-2H3,(H2,10,12)(H2,11,13)/p-2. The molecule has 0 aliphatic rings. The Morgan fingerprint density at radius 3 is 2.27 bits per heavy atom. The molecule has 15 heavy (non-hydrogen) atoms. The van der Waals surface area contributed by atoms with Crippen molar-refractivity contribution in [1.29, 1.82) is 10.8 Å². The molecule has 6 nitrogen and oxygen atoms in total. The van der Waals surface area contributed by atoms with Gasteiger partial charge in [-0.15, -0.1) is 0 Å². The smallest absolute Gasteiger partial charge is 0.146 e.